The van der Waals surface area contributed by atoms with E-state index in [1.165, 1.54) is 0 Å². The zero-order valence-corrected chi connectivity index (χ0v) is 14.3. The van der Waals surface area contributed by atoms with Crippen LogP contribution in [0.4, 0.5) is 0 Å². The van der Waals surface area contributed by atoms with Crippen molar-refractivity contribution in [3.05, 3.63) is 47.4 Å². The topological polar surface area (TPSA) is 76.5 Å². The van der Waals surface area contributed by atoms with Crippen LogP contribution in [0.15, 0.2) is 28.8 Å². The van der Waals surface area contributed by atoms with Crippen LogP contribution in [-0.4, -0.2) is 48.4 Å². The van der Waals surface area contributed by atoms with E-state index in [4.69, 9.17) is 4.42 Å². The van der Waals surface area contributed by atoms with Gasteiger partial charge in [0.2, 0.25) is 5.82 Å². The summed E-state index contributed by atoms with van der Waals surface area (Å²) in [7, 11) is 0. The minimum Gasteiger partial charge on any atom is -0.464 e. The minimum absolute atomic E-state index is 0.0920. The summed E-state index contributed by atoms with van der Waals surface area (Å²) in [5.74, 6) is 3.80. The third-order valence-corrected chi connectivity index (χ3v) is 5.12. The number of rotatable bonds is 2. The Balaban J connectivity index is 1.69. The number of aryl methyl sites for hydroxylation is 2. The van der Waals surface area contributed by atoms with Crippen molar-refractivity contribution in [3.8, 4) is 0 Å². The summed E-state index contributed by atoms with van der Waals surface area (Å²) in [6, 6.07) is 5.61. The third-order valence-electron chi connectivity index (χ3n) is 4.10. The van der Waals surface area contributed by atoms with Crippen LogP contribution in [0.2, 0.25) is 0 Å². The van der Waals surface area contributed by atoms with Crippen molar-refractivity contribution in [2.24, 2.45) is 0 Å². The molecule has 0 bridgehead atoms. The van der Waals surface area contributed by atoms with Gasteiger partial charge in [-0.3, -0.25) is 4.79 Å². The first-order valence-electron chi connectivity index (χ1n) is 7.77. The van der Waals surface area contributed by atoms with Crippen LogP contribution in [0.25, 0.3) is 5.78 Å². The van der Waals surface area contributed by atoms with Crippen LogP contribution in [0.5, 0.6) is 0 Å². The molecular weight excluding hydrogens is 326 g/mol. The van der Waals surface area contributed by atoms with Crippen molar-refractivity contribution < 1.29 is 9.21 Å². The van der Waals surface area contributed by atoms with E-state index in [2.05, 4.69) is 15.1 Å². The predicted molar refractivity (Wildman–Crippen MR) is 90.1 cm³/mol. The molecule has 1 fully saturated rings. The highest BCUT2D eigenvalue weighted by Gasteiger charge is 2.33. The quantitative estimate of drug-likeness (QED) is 0.710. The molecule has 1 saturated heterocycles. The van der Waals surface area contributed by atoms with E-state index < -0.39 is 0 Å². The van der Waals surface area contributed by atoms with E-state index in [9.17, 15) is 4.79 Å². The second-order valence-electron chi connectivity index (χ2n) is 5.77. The molecule has 24 heavy (non-hydrogen) atoms. The number of hydrogen-bond acceptors (Lipinski definition) is 6. The van der Waals surface area contributed by atoms with Gasteiger partial charge in [-0.15, -0.1) is 5.10 Å². The van der Waals surface area contributed by atoms with E-state index in [0.29, 0.717) is 12.3 Å². The van der Waals surface area contributed by atoms with Gasteiger partial charge in [0, 0.05) is 29.9 Å². The Morgan fingerprint density at radius 2 is 2.21 bits per heavy atom. The molecule has 3 aromatic rings. The third kappa shape index (κ3) is 2.56. The van der Waals surface area contributed by atoms with Crippen molar-refractivity contribution >= 4 is 23.4 Å². The van der Waals surface area contributed by atoms with Crippen LogP contribution in [0.3, 0.4) is 0 Å². The van der Waals surface area contributed by atoms with E-state index in [0.717, 1.165) is 28.7 Å². The first-order valence-corrected chi connectivity index (χ1v) is 8.92. The fourth-order valence-electron chi connectivity index (χ4n) is 2.84. The fourth-order valence-corrected chi connectivity index (χ4v) is 3.90. The Labute approximate surface area is 143 Å². The zero-order valence-electron chi connectivity index (χ0n) is 13.5. The average Bonchev–Trinajstić information content (AvgIpc) is 3.21. The maximum Gasteiger partial charge on any atom is 0.294 e. The SMILES string of the molecule is Cc1ccc([C@H]2CSCCN2C(=O)c2nc3nccc(C)n3n2)o1. The Bertz CT molecular complexity index is 903. The van der Waals surface area contributed by atoms with Gasteiger partial charge < -0.3 is 9.32 Å². The Morgan fingerprint density at radius 3 is 2.96 bits per heavy atom. The van der Waals surface area contributed by atoms with E-state index in [1.54, 1.807) is 15.6 Å². The summed E-state index contributed by atoms with van der Waals surface area (Å²) in [6.45, 7) is 4.46. The monoisotopic (exact) mass is 343 g/mol. The van der Waals surface area contributed by atoms with Crippen LogP contribution in [0, 0.1) is 13.8 Å². The molecule has 0 radical (unpaired) electrons. The number of carbonyl (C=O) groups excluding carboxylic acids is 1. The lowest BCUT2D eigenvalue weighted by molar-refractivity contribution is 0.0669. The molecule has 1 amide bonds. The minimum atomic E-state index is -0.181. The standard InChI is InChI=1S/C16H17N5O2S/c1-10-5-6-17-16-18-14(19-21(10)16)15(22)20-7-8-24-9-12(20)13-4-3-11(2)23-13/h3-6,12H,7-9H2,1-2H3/t12-/m1/s1. The van der Waals surface area contributed by atoms with Crippen molar-refractivity contribution in [1.29, 1.82) is 0 Å². The summed E-state index contributed by atoms with van der Waals surface area (Å²) in [6.07, 6.45) is 1.67. The van der Waals surface area contributed by atoms with Crippen LogP contribution < -0.4 is 0 Å². The van der Waals surface area contributed by atoms with Gasteiger partial charge in [-0.05, 0) is 32.0 Å². The number of nitrogens with zero attached hydrogens (tertiary/aromatic N) is 5. The van der Waals surface area contributed by atoms with Gasteiger partial charge in [0.05, 0.1) is 6.04 Å². The van der Waals surface area contributed by atoms with Crippen molar-refractivity contribution in [2.45, 2.75) is 19.9 Å². The van der Waals surface area contributed by atoms with Gasteiger partial charge in [0.25, 0.3) is 11.7 Å². The van der Waals surface area contributed by atoms with Gasteiger partial charge in [-0.1, -0.05) is 0 Å². The first-order chi connectivity index (χ1) is 11.6. The molecule has 1 aliphatic heterocycles. The zero-order chi connectivity index (χ0) is 16.7. The summed E-state index contributed by atoms with van der Waals surface area (Å²) in [4.78, 5) is 23.2. The largest absolute Gasteiger partial charge is 0.464 e. The normalized spacial score (nSPS) is 18.2. The Morgan fingerprint density at radius 1 is 1.33 bits per heavy atom. The number of fused-ring (bicyclic) bond motifs is 1. The molecule has 0 N–H and O–H groups in total. The van der Waals surface area contributed by atoms with Crippen molar-refractivity contribution in [1.82, 2.24) is 24.5 Å². The number of aromatic nitrogens is 4. The summed E-state index contributed by atoms with van der Waals surface area (Å²) in [5, 5.41) is 4.34. The molecule has 4 rings (SSSR count). The molecule has 3 aromatic heterocycles. The maximum atomic E-state index is 13.0. The molecule has 4 heterocycles. The molecular formula is C16H17N5O2S. The molecule has 8 heteroatoms. The molecule has 1 aliphatic rings. The van der Waals surface area contributed by atoms with Crippen molar-refractivity contribution in [2.75, 3.05) is 18.1 Å². The van der Waals surface area contributed by atoms with Gasteiger partial charge in [-0.2, -0.15) is 16.7 Å². The number of thioether (sulfide) groups is 1. The molecule has 0 aliphatic carbocycles. The average molecular weight is 343 g/mol. The van der Waals surface area contributed by atoms with Crippen molar-refractivity contribution in [3.63, 3.8) is 0 Å². The number of hydrogen-bond donors (Lipinski definition) is 0. The van der Waals surface area contributed by atoms with Crippen LogP contribution >= 0.6 is 11.8 Å². The summed E-state index contributed by atoms with van der Waals surface area (Å²) >= 11 is 1.82. The van der Waals surface area contributed by atoms with Crippen LogP contribution in [0.1, 0.15) is 33.9 Å². The highest BCUT2D eigenvalue weighted by Crippen LogP contribution is 2.31. The second-order valence-corrected chi connectivity index (χ2v) is 6.92. The molecule has 0 spiro atoms. The van der Waals surface area contributed by atoms with Gasteiger partial charge >= 0.3 is 0 Å². The summed E-state index contributed by atoms with van der Waals surface area (Å²) in [5.41, 5.74) is 0.888. The molecule has 1 atom stereocenters. The maximum absolute atomic E-state index is 13.0. The highest BCUT2D eigenvalue weighted by atomic mass is 32.2. The molecule has 124 valence electrons. The number of furan rings is 1. The van der Waals surface area contributed by atoms with Gasteiger partial charge in [0.15, 0.2) is 0 Å². The smallest absolute Gasteiger partial charge is 0.294 e. The number of carbonyl (C=O) groups is 1. The lowest BCUT2D eigenvalue weighted by Gasteiger charge is -2.33. The van der Waals surface area contributed by atoms with E-state index in [-0.39, 0.29) is 17.8 Å². The predicted octanol–water partition coefficient (Wildman–Crippen LogP) is 2.26. The Hall–Kier alpha value is -2.35. The van der Waals surface area contributed by atoms with Gasteiger partial charge in [-0.25, -0.2) is 9.50 Å². The lowest BCUT2D eigenvalue weighted by atomic mass is 10.2. The first kappa shape index (κ1) is 15.2. The molecule has 0 saturated carbocycles. The van der Waals surface area contributed by atoms with E-state index in [1.807, 2.05) is 43.8 Å². The van der Waals surface area contributed by atoms with E-state index >= 15 is 0 Å². The molecule has 7 nitrogen and oxygen atoms in total. The summed E-state index contributed by atoms with van der Waals surface area (Å²) < 4.78 is 7.35. The highest BCUT2D eigenvalue weighted by molar-refractivity contribution is 7.99. The van der Waals surface area contributed by atoms with Gasteiger partial charge in [0.1, 0.15) is 11.5 Å². The lowest BCUT2D eigenvalue weighted by Crippen LogP contribution is -2.41. The molecule has 0 aromatic carbocycles. The molecule has 0 unspecified atom stereocenters. The fraction of sp³-hybridized carbons (Fsp3) is 0.375. The Kier molecular flexibility index (Phi) is 3.76. The number of amides is 1. The second kappa shape index (κ2) is 5.94. The van der Waals surface area contributed by atoms with Crippen LogP contribution in [-0.2, 0) is 0 Å².